The van der Waals surface area contributed by atoms with E-state index in [-0.39, 0.29) is 11.7 Å². The normalized spacial score (nSPS) is 18.6. The lowest BCUT2D eigenvalue weighted by molar-refractivity contribution is -0.153. The first-order valence-electron chi connectivity index (χ1n) is 6.53. The molecule has 2 rings (SSSR count). The van der Waals surface area contributed by atoms with Crippen molar-refractivity contribution < 1.29 is 23.4 Å². The van der Waals surface area contributed by atoms with Crippen LogP contribution in [-0.4, -0.2) is 17.2 Å². The van der Waals surface area contributed by atoms with Gasteiger partial charge in [-0.2, -0.15) is 0 Å². The van der Waals surface area contributed by atoms with Crippen molar-refractivity contribution in [2.75, 3.05) is 0 Å². The number of carbonyl (C=O) groups is 1. The first-order valence-corrected chi connectivity index (χ1v) is 6.53. The Morgan fingerprint density at radius 1 is 1.45 bits per heavy atom. The quantitative estimate of drug-likeness (QED) is 0.918. The highest BCUT2D eigenvalue weighted by Crippen LogP contribution is 2.42. The van der Waals surface area contributed by atoms with Gasteiger partial charge in [-0.3, -0.25) is 4.79 Å². The number of rotatable bonds is 4. The van der Waals surface area contributed by atoms with Crippen molar-refractivity contribution in [3.8, 4) is 5.75 Å². The molecule has 110 valence electrons. The van der Waals surface area contributed by atoms with Crippen molar-refractivity contribution in [3.05, 3.63) is 29.3 Å². The SMILES string of the molecule is CC1Cc2cc(C(F)(F)CC(C)(C)C(=O)O)ccc2O1. The number of benzene rings is 1. The van der Waals surface area contributed by atoms with E-state index in [1.807, 2.05) is 6.92 Å². The van der Waals surface area contributed by atoms with E-state index in [2.05, 4.69) is 0 Å². The molecule has 0 amide bonds. The Kier molecular flexibility index (Phi) is 3.48. The second kappa shape index (κ2) is 4.72. The minimum Gasteiger partial charge on any atom is -0.490 e. The standard InChI is InChI=1S/C15H18F2O3/c1-9-6-10-7-11(4-5-12(10)20-9)15(16,17)8-14(2,3)13(18)19/h4-5,7,9H,6,8H2,1-3H3,(H,18,19). The predicted molar refractivity (Wildman–Crippen MR) is 70.2 cm³/mol. The summed E-state index contributed by atoms with van der Waals surface area (Å²) in [4.78, 5) is 11.0. The average Bonchev–Trinajstić information content (AvgIpc) is 2.66. The van der Waals surface area contributed by atoms with Gasteiger partial charge in [0.15, 0.2) is 0 Å². The topological polar surface area (TPSA) is 46.5 Å². The van der Waals surface area contributed by atoms with Gasteiger partial charge in [0.05, 0.1) is 5.41 Å². The molecule has 1 heterocycles. The summed E-state index contributed by atoms with van der Waals surface area (Å²) in [7, 11) is 0. The molecular formula is C15H18F2O3. The molecule has 1 aromatic carbocycles. The summed E-state index contributed by atoms with van der Waals surface area (Å²) in [6.07, 6.45) is -0.143. The number of alkyl halides is 2. The molecule has 1 unspecified atom stereocenters. The van der Waals surface area contributed by atoms with Crippen LogP contribution < -0.4 is 4.74 Å². The number of carboxylic acid groups (broad SMARTS) is 1. The molecule has 0 saturated carbocycles. The summed E-state index contributed by atoms with van der Waals surface area (Å²) in [5.74, 6) is -3.77. The van der Waals surface area contributed by atoms with Crippen LogP contribution in [0.25, 0.3) is 0 Å². The molecule has 3 nitrogen and oxygen atoms in total. The summed E-state index contributed by atoms with van der Waals surface area (Å²) in [6.45, 7) is 4.49. The maximum Gasteiger partial charge on any atom is 0.309 e. The Morgan fingerprint density at radius 3 is 2.70 bits per heavy atom. The van der Waals surface area contributed by atoms with Gasteiger partial charge in [-0.15, -0.1) is 0 Å². The highest BCUT2D eigenvalue weighted by atomic mass is 19.3. The molecule has 0 spiro atoms. The zero-order valence-electron chi connectivity index (χ0n) is 11.7. The molecule has 5 heteroatoms. The lowest BCUT2D eigenvalue weighted by Crippen LogP contribution is -2.31. The highest BCUT2D eigenvalue weighted by Gasteiger charge is 2.42. The molecule has 1 N–H and O–H groups in total. The van der Waals surface area contributed by atoms with Gasteiger partial charge in [0.25, 0.3) is 5.92 Å². The molecule has 20 heavy (non-hydrogen) atoms. The summed E-state index contributed by atoms with van der Waals surface area (Å²) in [5.41, 5.74) is -0.877. The lowest BCUT2D eigenvalue weighted by Gasteiger charge is -2.26. The van der Waals surface area contributed by atoms with Gasteiger partial charge < -0.3 is 9.84 Å². The van der Waals surface area contributed by atoms with Crippen LogP contribution in [0.1, 0.15) is 38.3 Å². The van der Waals surface area contributed by atoms with Crippen LogP contribution in [0.15, 0.2) is 18.2 Å². The summed E-state index contributed by atoms with van der Waals surface area (Å²) >= 11 is 0. The number of fused-ring (bicyclic) bond motifs is 1. The fourth-order valence-electron chi connectivity index (χ4n) is 2.38. The van der Waals surface area contributed by atoms with E-state index in [0.717, 1.165) is 5.56 Å². The lowest BCUT2D eigenvalue weighted by atomic mass is 9.84. The van der Waals surface area contributed by atoms with Gasteiger partial charge in [0.1, 0.15) is 11.9 Å². The van der Waals surface area contributed by atoms with E-state index in [9.17, 15) is 13.6 Å². The minimum atomic E-state index is -3.18. The van der Waals surface area contributed by atoms with Crippen LogP contribution >= 0.6 is 0 Å². The molecule has 1 aliphatic heterocycles. The predicted octanol–water partition coefficient (Wildman–Crippen LogP) is 3.60. The second-order valence-corrected chi connectivity index (χ2v) is 6.03. The molecule has 1 aliphatic rings. The van der Waals surface area contributed by atoms with Crippen molar-refractivity contribution in [1.29, 1.82) is 0 Å². The smallest absolute Gasteiger partial charge is 0.309 e. The number of halogens is 2. The maximum absolute atomic E-state index is 14.3. The van der Waals surface area contributed by atoms with Crippen LogP contribution in [0.3, 0.4) is 0 Å². The monoisotopic (exact) mass is 284 g/mol. The molecule has 0 aromatic heterocycles. The number of hydrogen-bond donors (Lipinski definition) is 1. The van der Waals surface area contributed by atoms with E-state index < -0.39 is 23.7 Å². The second-order valence-electron chi connectivity index (χ2n) is 6.03. The van der Waals surface area contributed by atoms with Gasteiger partial charge in [-0.1, -0.05) is 0 Å². The molecule has 0 saturated heterocycles. The highest BCUT2D eigenvalue weighted by molar-refractivity contribution is 5.73. The van der Waals surface area contributed by atoms with Crippen molar-refractivity contribution >= 4 is 5.97 Å². The van der Waals surface area contributed by atoms with Crippen molar-refractivity contribution in [3.63, 3.8) is 0 Å². The average molecular weight is 284 g/mol. The Hall–Kier alpha value is -1.65. The van der Waals surface area contributed by atoms with Crippen LogP contribution in [0.4, 0.5) is 8.78 Å². The number of hydrogen-bond acceptors (Lipinski definition) is 2. The maximum atomic E-state index is 14.3. The van der Waals surface area contributed by atoms with Crippen molar-refractivity contribution in [2.45, 2.75) is 45.6 Å². The summed E-state index contributed by atoms with van der Waals surface area (Å²) < 4.78 is 34.0. The van der Waals surface area contributed by atoms with E-state index in [1.165, 1.54) is 32.0 Å². The zero-order chi connectivity index (χ0) is 15.1. The molecular weight excluding hydrogens is 266 g/mol. The Balaban J connectivity index is 2.27. The third kappa shape index (κ3) is 2.76. The zero-order valence-corrected chi connectivity index (χ0v) is 11.7. The van der Waals surface area contributed by atoms with Crippen molar-refractivity contribution in [1.82, 2.24) is 0 Å². The van der Waals surface area contributed by atoms with E-state index in [1.54, 1.807) is 0 Å². The van der Waals surface area contributed by atoms with Crippen LogP contribution in [0.5, 0.6) is 5.75 Å². The number of ether oxygens (including phenoxy) is 1. The first-order chi connectivity index (χ1) is 9.12. The minimum absolute atomic E-state index is 0.00988. The third-order valence-electron chi connectivity index (χ3n) is 3.56. The molecule has 0 fully saturated rings. The van der Waals surface area contributed by atoms with E-state index in [4.69, 9.17) is 9.84 Å². The number of carboxylic acids is 1. The third-order valence-corrected chi connectivity index (χ3v) is 3.56. The molecule has 0 bridgehead atoms. The largest absolute Gasteiger partial charge is 0.490 e. The van der Waals surface area contributed by atoms with Gasteiger partial charge >= 0.3 is 5.97 Å². The fourth-order valence-corrected chi connectivity index (χ4v) is 2.38. The molecule has 1 atom stereocenters. The number of aliphatic carboxylic acids is 1. The fraction of sp³-hybridized carbons (Fsp3) is 0.533. The molecule has 0 radical (unpaired) electrons. The van der Waals surface area contributed by atoms with Crippen LogP contribution in [0.2, 0.25) is 0 Å². The van der Waals surface area contributed by atoms with E-state index >= 15 is 0 Å². The molecule has 0 aliphatic carbocycles. The van der Waals surface area contributed by atoms with Crippen LogP contribution in [-0.2, 0) is 17.1 Å². The van der Waals surface area contributed by atoms with Crippen LogP contribution in [0, 0.1) is 5.41 Å². The van der Waals surface area contributed by atoms with Crippen molar-refractivity contribution in [2.24, 2.45) is 5.41 Å². The van der Waals surface area contributed by atoms with Gasteiger partial charge in [-0.05, 0) is 44.5 Å². The van der Waals surface area contributed by atoms with E-state index in [0.29, 0.717) is 12.2 Å². The Labute approximate surface area is 116 Å². The van der Waals surface area contributed by atoms with Gasteiger partial charge in [0, 0.05) is 18.4 Å². The molecule has 1 aromatic rings. The van der Waals surface area contributed by atoms with Gasteiger partial charge in [0.2, 0.25) is 0 Å². The Bertz CT molecular complexity index is 538. The first kappa shape index (κ1) is 14.8. The summed E-state index contributed by atoms with van der Waals surface area (Å²) in [6, 6.07) is 4.28. The Morgan fingerprint density at radius 2 is 2.10 bits per heavy atom. The summed E-state index contributed by atoms with van der Waals surface area (Å²) in [5, 5.41) is 8.99. The van der Waals surface area contributed by atoms with Gasteiger partial charge in [-0.25, -0.2) is 8.78 Å².